The number of hydrogen-bond acceptors (Lipinski definition) is 1. The number of carbonyl (C=O) groups excluding carboxylic acids is 1. The molecule has 0 fully saturated rings. The zero-order valence-electron chi connectivity index (χ0n) is 10.5. The highest BCUT2D eigenvalue weighted by Gasteiger charge is 2.24. The third-order valence-electron chi connectivity index (χ3n) is 3.45. The lowest BCUT2D eigenvalue weighted by Gasteiger charge is -2.28. The molecule has 2 nitrogen and oxygen atoms in total. The van der Waals surface area contributed by atoms with Crippen molar-refractivity contribution < 1.29 is 9.18 Å². The van der Waals surface area contributed by atoms with E-state index in [-0.39, 0.29) is 11.7 Å². The van der Waals surface area contributed by atoms with Crippen LogP contribution in [-0.2, 0) is 13.0 Å². The minimum atomic E-state index is -0.275. The molecular weight excluding hydrogens is 241 g/mol. The molecule has 0 saturated carbocycles. The average molecular weight is 255 g/mol. The number of fused-ring (bicyclic) bond motifs is 1. The maximum atomic E-state index is 13.1. The van der Waals surface area contributed by atoms with Gasteiger partial charge in [0.1, 0.15) is 5.82 Å². The van der Waals surface area contributed by atoms with Crippen LogP contribution in [0.1, 0.15) is 21.5 Å². The van der Waals surface area contributed by atoms with E-state index in [1.165, 1.54) is 12.1 Å². The monoisotopic (exact) mass is 255 g/mol. The Labute approximate surface area is 111 Å². The molecule has 1 aliphatic rings. The fraction of sp³-hybridized carbons (Fsp3) is 0.188. The standard InChI is InChI=1S/C16H14FNO/c17-14-6-7-15-13(10-14)8-9-18(16(15)19)11-12-4-2-1-3-5-12/h1-7,10H,8-9,11H2. The fourth-order valence-electron chi connectivity index (χ4n) is 2.46. The first-order valence-electron chi connectivity index (χ1n) is 6.35. The van der Waals surface area contributed by atoms with Crippen molar-refractivity contribution in [1.82, 2.24) is 4.90 Å². The molecule has 19 heavy (non-hydrogen) atoms. The van der Waals surface area contributed by atoms with Crippen molar-refractivity contribution in [2.75, 3.05) is 6.54 Å². The molecule has 0 atom stereocenters. The van der Waals surface area contributed by atoms with Crippen molar-refractivity contribution in [2.45, 2.75) is 13.0 Å². The van der Waals surface area contributed by atoms with Crippen LogP contribution in [-0.4, -0.2) is 17.4 Å². The van der Waals surface area contributed by atoms with Crippen molar-refractivity contribution in [3.63, 3.8) is 0 Å². The van der Waals surface area contributed by atoms with Crippen LogP contribution in [0.3, 0.4) is 0 Å². The Bertz CT molecular complexity index is 609. The number of hydrogen-bond donors (Lipinski definition) is 0. The number of halogens is 1. The molecule has 0 aliphatic carbocycles. The van der Waals surface area contributed by atoms with Crippen LogP contribution in [0.4, 0.5) is 4.39 Å². The van der Waals surface area contributed by atoms with E-state index in [9.17, 15) is 9.18 Å². The zero-order chi connectivity index (χ0) is 13.2. The molecule has 0 spiro atoms. The van der Waals surface area contributed by atoms with Gasteiger partial charge < -0.3 is 4.90 Å². The summed E-state index contributed by atoms with van der Waals surface area (Å²) in [6.45, 7) is 1.25. The molecule has 2 aromatic carbocycles. The summed E-state index contributed by atoms with van der Waals surface area (Å²) < 4.78 is 13.1. The molecule has 0 N–H and O–H groups in total. The summed E-state index contributed by atoms with van der Waals surface area (Å²) in [5.74, 6) is -0.284. The Kier molecular flexibility index (Phi) is 3.03. The minimum Gasteiger partial charge on any atom is -0.334 e. The van der Waals surface area contributed by atoms with Crippen LogP contribution in [0.2, 0.25) is 0 Å². The van der Waals surface area contributed by atoms with E-state index in [1.807, 2.05) is 35.2 Å². The molecule has 0 radical (unpaired) electrons. The van der Waals surface area contributed by atoms with Gasteiger partial charge in [0.15, 0.2) is 0 Å². The molecule has 3 heteroatoms. The average Bonchev–Trinajstić information content (AvgIpc) is 2.43. The van der Waals surface area contributed by atoms with E-state index in [4.69, 9.17) is 0 Å². The van der Waals surface area contributed by atoms with E-state index < -0.39 is 0 Å². The Morgan fingerprint density at radius 1 is 1.11 bits per heavy atom. The van der Waals surface area contributed by atoms with Gasteiger partial charge in [-0.25, -0.2) is 4.39 Å². The van der Waals surface area contributed by atoms with Crippen LogP contribution in [0.25, 0.3) is 0 Å². The van der Waals surface area contributed by atoms with Gasteiger partial charge in [-0.1, -0.05) is 30.3 Å². The molecule has 0 bridgehead atoms. The van der Waals surface area contributed by atoms with Gasteiger partial charge in [0.05, 0.1) is 0 Å². The summed E-state index contributed by atoms with van der Waals surface area (Å²) >= 11 is 0. The predicted molar refractivity (Wildman–Crippen MR) is 71.3 cm³/mol. The van der Waals surface area contributed by atoms with E-state index in [2.05, 4.69) is 0 Å². The van der Waals surface area contributed by atoms with Crippen LogP contribution < -0.4 is 0 Å². The topological polar surface area (TPSA) is 20.3 Å². The SMILES string of the molecule is O=C1c2ccc(F)cc2CCN1Cc1ccccc1. The highest BCUT2D eigenvalue weighted by molar-refractivity contribution is 5.96. The first-order chi connectivity index (χ1) is 9.24. The highest BCUT2D eigenvalue weighted by atomic mass is 19.1. The first kappa shape index (κ1) is 11.9. The Hall–Kier alpha value is -2.16. The van der Waals surface area contributed by atoms with Gasteiger partial charge in [0.2, 0.25) is 0 Å². The van der Waals surface area contributed by atoms with Crippen LogP contribution in [0, 0.1) is 5.82 Å². The Morgan fingerprint density at radius 2 is 1.89 bits per heavy atom. The Morgan fingerprint density at radius 3 is 2.68 bits per heavy atom. The second-order valence-electron chi connectivity index (χ2n) is 4.76. The van der Waals surface area contributed by atoms with E-state index in [0.29, 0.717) is 25.1 Å². The summed E-state index contributed by atoms with van der Waals surface area (Å²) in [6.07, 6.45) is 0.714. The van der Waals surface area contributed by atoms with E-state index in [1.54, 1.807) is 6.07 Å². The van der Waals surface area contributed by atoms with Crippen molar-refractivity contribution >= 4 is 5.91 Å². The molecule has 2 aromatic rings. The molecule has 0 aromatic heterocycles. The lowest BCUT2D eigenvalue weighted by molar-refractivity contribution is 0.0727. The van der Waals surface area contributed by atoms with Gasteiger partial charge in [0.25, 0.3) is 5.91 Å². The number of rotatable bonds is 2. The molecule has 0 saturated heterocycles. The summed E-state index contributed by atoms with van der Waals surface area (Å²) in [6, 6.07) is 14.3. The molecule has 3 rings (SSSR count). The lowest BCUT2D eigenvalue weighted by atomic mass is 9.98. The quantitative estimate of drug-likeness (QED) is 0.807. The molecule has 1 heterocycles. The predicted octanol–water partition coefficient (Wildman–Crippen LogP) is 3.02. The van der Waals surface area contributed by atoms with E-state index >= 15 is 0 Å². The molecule has 1 amide bonds. The second-order valence-corrected chi connectivity index (χ2v) is 4.76. The lowest BCUT2D eigenvalue weighted by Crippen LogP contribution is -2.37. The summed E-state index contributed by atoms with van der Waals surface area (Å²) in [4.78, 5) is 14.2. The van der Waals surface area contributed by atoms with Gasteiger partial charge in [-0.15, -0.1) is 0 Å². The van der Waals surface area contributed by atoms with Gasteiger partial charge >= 0.3 is 0 Å². The third-order valence-corrected chi connectivity index (χ3v) is 3.45. The van der Waals surface area contributed by atoms with Gasteiger partial charge in [0, 0.05) is 18.7 Å². The maximum Gasteiger partial charge on any atom is 0.254 e. The zero-order valence-corrected chi connectivity index (χ0v) is 10.5. The number of amides is 1. The summed E-state index contributed by atoms with van der Waals surface area (Å²) in [7, 11) is 0. The largest absolute Gasteiger partial charge is 0.334 e. The molecule has 1 aliphatic heterocycles. The van der Waals surface area contributed by atoms with Crippen LogP contribution in [0.15, 0.2) is 48.5 Å². The smallest absolute Gasteiger partial charge is 0.254 e. The van der Waals surface area contributed by atoms with Crippen molar-refractivity contribution in [2.24, 2.45) is 0 Å². The van der Waals surface area contributed by atoms with E-state index in [0.717, 1.165) is 11.1 Å². The van der Waals surface area contributed by atoms with Crippen molar-refractivity contribution in [3.05, 3.63) is 71.0 Å². The van der Waals surface area contributed by atoms with Crippen LogP contribution in [0.5, 0.6) is 0 Å². The first-order valence-corrected chi connectivity index (χ1v) is 6.35. The fourth-order valence-corrected chi connectivity index (χ4v) is 2.46. The number of carbonyl (C=O) groups is 1. The van der Waals surface area contributed by atoms with Crippen LogP contribution >= 0.6 is 0 Å². The minimum absolute atomic E-state index is 0.00916. The highest BCUT2D eigenvalue weighted by Crippen LogP contribution is 2.21. The normalized spacial score (nSPS) is 14.4. The van der Waals surface area contributed by atoms with Crippen molar-refractivity contribution in [3.8, 4) is 0 Å². The third kappa shape index (κ3) is 2.36. The molecule has 0 unspecified atom stereocenters. The van der Waals surface area contributed by atoms with Crippen molar-refractivity contribution in [1.29, 1.82) is 0 Å². The van der Waals surface area contributed by atoms with Gasteiger partial charge in [-0.05, 0) is 35.7 Å². The van der Waals surface area contributed by atoms with Gasteiger partial charge in [-0.2, -0.15) is 0 Å². The maximum absolute atomic E-state index is 13.1. The second kappa shape index (κ2) is 4.84. The summed E-state index contributed by atoms with van der Waals surface area (Å²) in [5.41, 5.74) is 2.55. The summed E-state index contributed by atoms with van der Waals surface area (Å²) in [5, 5.41) is 0. The molecule has 96 valence electrons. The Balaban J connectivity index is 1.84. The molecular formula is C16H14FNO. The van der Waals surface area contributed by atoms with Gasteiger partial charge in [-0.3, -0.25) is 4.79 Å². The number of nitrogens with zero attached hydrogens (tertiary/aromatic N) is 1. The number of benzene rings is 2.